The van der Waals surface area contributed by atoms with E-state index >= 15 is 0 Å². The second-order valence-electron chi connectivity index (χ2n) is 6.52. The monoisotopic (exact) mass is 373 g/mol. The second kappa shape index (κ2) is 8.68. The van der Waals surface area contributed by atoms with Gasteiger partial charge in [0.1, 0.15) is 5.82 Å². The number of alkyl halides is 2. The lowest BCUT2D eigenvalue weighted by atomic mass is 9.97. The molecule has 0 aromatic carbocycles. The summed E-state index contributed by atoms with van der Waals surface area (Å²) in [5.41, 5.74) is -0.950. The topological polar surface area (TPSA) is 93.5 Å². The van der Waals surface area contributed by atoms with E-state index < -0.39 is 37.0 Å². The Labute approximate surface area is 150 Å². The molecule has 2 heterocycles. The second-order valence-corrected chi connectivity index (χ2v) is 6.52. The van der Waals surface area contributed by atoms with Gasteiger partial charge in [-0.2, -0.15) is 4.98 Å². The molecule has 0 aliphatic carbocycles. The normalized spacial score (nSPS) is 21.9. The summed E-state index contributed by atoms with van der Waals surface area (Å²) in [5.74, 6) is -3.69. The number of anilines is 1. The molecule has 1 aromatic heterocycles. The van der Waals surface area contributed by atoms with Crippen molar-refractivity contribution in [2.24, 2.45) is 5.92 Å². The summed E-state index contributed by atoms with van der Waals surface area (Å²) in [6.07, 6.45) is 0.748. The van der Waals surface area contributed by atoms with Gasteiger partial charge < -0.3 is 15.2 Å². The van der Waals surface area contributed by atoms with Gasteiger partial charge in [-0.15, -0.1) is 0 Å². The van der Waals surface area contributed by atoms with Gasteiger partial charge in [0.2, 0.25) is 12.1 Å². The lowest BCUT2D eigenvalue weighted by Gasteiger charge is -2.20. The van der Waals surface area contributed by atoms with E-state index in [2.05, 4.69) is 10.3 Å². The minimum atomic E-state index is -3.29. The van der Waals surface area contributed by atoms with Gasteiger partial charge in [0.05, 0.1) is 12.7 Å². The average Bonchev–Trinajstić information content (AvgIpc) is 2.89. The van der Waals surface area contributed by atoms with Gasteiger partial charge in [-0.05, 0) is 18.9 Å². The van der Waals surface area contributed by atoms with Crippen molar-refractivity contribution in [2.75, 3.05) is 11.9 Å². The van der Waals surface area contributed by atoms with Gasteiger partial charge in [0, 0.05) is 18.5 Å². The molecule has 26 heavy (non-hydrogen) atoms. The predicted molar refractivity (Wildman–Crippen MR) is 91.0 cm³/mol. The first-order valence-corrected chi connectivity index (χ1v) is 8.86. The van der Waals surface area contributed by atoms with E-state index in [1.807, 2.05) is 13.8 Å². The molecule has 2 rings (SSSR count). The molecule has 1 unspecified atom stereocenters. The Morgan fingerprint density at radius 1 is 1.46 bits per heavy atom. The number of halogens is 2. The van der Waals surface area contributed by atoms with Crippen LogP contribution in [0.5, 0.6) is 0 Å². The lowest BCUT2D eigenvalue weighted by molar-refractivity contribution is -0.121. The molecule has 1 saturated heterocycles. The number of carbonyl (C=O) groups is 1. The van der Waals surface area contributed by atoms with Crippen LogP contribution in [0.4, 0.5) is 14.6 Å². The Bertz CT molecular complexity index is 674. The summed E-state index contributed by atoms with van der Waals surface area (Å²) < 4.78 is 33.7. The highest BCUT2D eigenvalue weighted by atomic mass is 19.3. The molecule has 1 aromatic rings. The van der Waals surface area contributed by atoms with Crippen LogP contribution >= 0.6 is 0 Å². The van der Waals surface area contributed by atoms with Crippen LogP contribution in [0.2, 0.25) is 0 Å². The number of carbonyl (C=O) groups excluding carboxylic acids is 1. The van der Waals surface area contributed by atoms with Crippen LogP contribution in [0, 0.1) is 5.92 Å². The molecule has 2 atom stereocenters. The maximum atomic E-state index is 14.0. The van der Waals surface area contributed by atoms with Crippen molar-refractivity contribution < 1.29 is 23.4 Å². The largest absolute Gasteiger partial charge is 0.394 e. The molecule has 146 valence electrons. The highest BCUT2D eigenvalue weighted by molar-refractivity contribution is 5.91. The van der Waals surface area contributed by atoms with Crippen molar-refractivity contribution in [2.45, 2.75) is 64.2 Å². The Morgan fingerprint density at radius 2 is 2.12 bits per heavy atom. The van der Waals surface area contributed by atoms with Crippen molar-refractivity contribution in [1.29, 1.82) is 0 Å². The van der Waals surface area contributed by atoms with Crippen molar-refractivity contribution in [3.05, 3.63) is 22.7 Å². The number of rotatable bonds is 8. The summed E-state index contributed by atoms with van der Waals surface area (Å²) in [6.45, 7) is 3.41. The first-order valence-electron chi connectivity index (χ1n) is 8.86. The third-order valence-corrected chi connectivity index (χ3v) is 4.37. The number of amides is 1. The average molecular weight is 373 g/mol. The van der Waals surface area contributed by atoms with Crippen LogP contribution in [0.25, 0.3) is 0 Å². The minimum absolute atomic E-state index is 0.0217. The molecule has 1 amide bonds. The Hall–Kier alpha value is -1.87. The maximum absolute atomic E-state index is 14.0. The zero-order chi connectivity index (χ0) is 19.3. The quantitative estimate of drug-likeness (QED) is 0.729. The van der Waals surface area contributed by atoms with E-state index in [1.54, 1.807) is 0 Å². The number of aliphatic hydroxyl groups is 1. The Morgan fingerprint density at radius 3 is 2.62 bits per heavy atom. The van der Waals surface area contributed by atoms with Crippen LogP contribution in [-0.4, -0.2) is 39.2 Å². The first-order chi connectivity index (χ1) is 12.3. The Balaban J connectivity index is 2.14. The molecule has 0 radical (unpaired) electrons. The molecule has 1 aliphatic heterocycles. The van der Waals surface area contributed by atoms with Crippen LogP contribution in [0.1, 0.15) is 52.2 Å². The van der Waals surface area contributed by atoms with Crippen LogP contribution in [0.3, 0.4) is 0 Å². The molecule has 0 bridgehead atoms. The number of aliphatic hydroxyl groups excluding tert-OH is 1. The summed E-state index contributed by atoms with van der Waals surface area (Å²) in [4.78, 5) is 28.1. The van der Waals surface area contributed by atoms with Crippen molar-refractivity contribution in [3.63, 3.8) is 0 Å². The molecule has 1 aliphatic rings. The molecule has 0 spiro atoms. The third kappa shape index (κ3) is 4.64. The molecule has 1 fully saturated rings. The molecule has 0 saturated carbocycles. The van der Waals surface area contributed by atoms with E-state index in [0.717, 1.165) is 31.9 Å². The molecular weight excluding hydrogens is 348 g/mol. The number of nitrogens with zero attached hydrogens (tertiary/aromatic N) is 2. The first kappa shape index (κ1) is 20.4. The lowest BCUT2D eigenvalue weighted by Crippen LogP contribution is -2.35. The zero-order valence-corrected chi connectivity index (χ0v) is 15.0. The summed E-state index contributed by atoms with van der Waals surface area (Å²) in [6, 6.07) is 1.29. The van der Waals surface area contributed by atoms with Crippen molar-refractivity contribution in [1.82, 2.24) is 9.55 Å². The van der Waals surface area contributed by atoms with E-state index in [-0.39, 0.29) is 17.6 Å². The smallest absolute Gasteiger partial charge is 0.351 e. The highest BCUT2D eigenvalue weighted by Gasteiger charge is 2.51. The Kier molecular flexibility index (Phi) is 6.82. The van der Waals surface area contributed by atoms with E-state index in [4.69, 9.17) is 9.84 Å². The summed E-state index contributed by atoms with van der Waals surface area (Å²) >= 11 is 0. The highest BCUT2D eigenvalue weighted by Crippen LogP contribution is 2.41. The van der Waals surface area contributed by atoms with Crippen molar-refractivity contribution >= 4 is 11.7 Å². The number of hydrogen-bond acceptors (Lipinski definition) is 5. The maximum Gasteiger partial charge on any atom is 0.351 e. The van der Waals surface area contributed by atoms with Crippen LogP contribution < -0.4 is 11.0 Å². The van der Waals surface area contributed by atoms with Gasteiger partial charge in [-0.1, -0.05) is 26.7 Å². The SMILES string of the molecule is CCCC(CCC)C(=O)Nc1ccn(C2O[C@H](CO)CC2(F)F)c(=O)n1. The van der Waals surface area contributed by atoms with Gasteiger partial charge in [0.15, 0.2) is 0 Å². The minimum Gasteiger partial charge on any atom is -0.394 e. The van der Waals surface area contributed by atoms with E-state index in [0.29, 0.717) is 4.57 Å². The molecule has 2 N–H and O–H groups in total. The standard InChI is InChI=1S/C17H25F2N3O4/c1-3-5-11(6-4-2)14(24)20-13-7-8-22(16(25)21-13)15-17(18,19)9-12(10-23)26-15/h7-8,11-12,15,23H,3-6,9-10H2,1-2H3,(H,20,21,24,25)/t12-,15?/m0/s1. The van der Waals surface area contributed by atoms with E-state index in [9.17, 15) is 18.4 Å². The van der Waals surface area contributed by atoms with E-state index in [1.165, 1.54) is 6.07 Å². The zero-order valence-electron chi connectivity index (χ0n) is 15.0. The van der Waals surface area contributed by atoms with Crippen molar-refractivity contribution in [3.8, 4) is 0 Å². The number of hydrogen-bond donors (Lipinski definition) is 2. The van der Waals surface area contributed by atoms with Gasteiger partial charge in [-0.3, -0.25) is 9.36 Å². The van der Waals surface area contributed by atoms with Gasteiger partial charge in [-0.25, -0.2) is 13.6 Å². The fourth-order valence-electron chi connectivity index (χ4n) is 3.10. The molecule has 9 heteroatoms. The number of ether oxygens (including phenoxy) is 1. The fraction of sp³-hybridized carbons (Fsp3) is 0.706. The predicted octanol–water partition coefficient (Wildman–Crippen LogP) is 2.31. The third-order valence-electron chi connectivity index (χ3n) is 4.37. The summed E-state index contributed by atoms with van der Waals surface area (Å²) in [7, 11) is 0. The van der Waals surface area contributed by atoms with Gasteiger partial charge in [0.25, 0.3) is 5.92 Å². The molecular formula is C17H25F2N3O4. The number of nitrogens with one attached hydrogen (secondary N) is 1. The van der Waals surface area contributed by atoms with Crippen LogP contribution in [0.15, 0.2) is 17.1 Å². The van der Waals surface area contributed by atoms with Gasteiger partial charge >= 0.3 is 5.69 Å². The summed E-state index contributed by atoms with van der Waals surface area (Å²) in [5, 5.41) is 11.6. The molecule has 7 nitrogen and oxygen atoms in total. The number of aromatic nitrogens is 2. The van der Waals surface area contributed by atoms with Crippen LogP contribution in [-0.2, 0) is 9.53 Å². The fourth-order valence-corrected chi connectivity index (χ4v) is 3.10.